The molecule has 1 aromatic carbocycles. The maximum absolute atomic E-state index is 13.5. The fourth-order valence-corrected chi connectivity index (χ4v) is 2.05. The molecule has 96 valence electrons. The van der Waals surface area contributed by atoms with Crippen LogP contribution in [-0.4, -0.2) is 10.1 Å². The molecule has 0 bridgehead atoms. The number of hydrogen-bond acceptors (Lipinski definition) is 3. The number of fused-ring (bicyclic) bond motifs is 1. The van der Waals surface area contributed by atoms with Crippen molar-refractivity contribution < 1.29 is 13.9 Å². The van der Waals surface area contributed by atoms with Crippen LogP contribution in [-0.2, 0) is 6.42 Å². The number of rotatable bonds is 3. The summed E-state index contributed by atoms with van der Waals surface area (Å²) in [6, 6.07) is 10.1. The van der Waals surface area contributed by atoms with Gasteiger partial charge in [-0.3, -0.25) is 4.98 Å². The van der Waals surface area contributed by atoms with Gasteiger partial charge in [-0.25, -0.2) is 4.39 Å². The second kappa shape index (κ2) is 4.82. The Morgan fingerprint density at radius 1 is 1.26 bits per heavy atom. The highest BCUT2D eigenvalue weighted by molar-refractivity contribution is 5.78. The highest BCUT2D eigenvalue weighted by Crippen LogP contribution is 2.27. The van der Waals surface area contributed by atoms with E-state index < -0.39 is 11.9 Å². The molecule has 0 radical (unpaired) electrons. The zero-order chi connectivity index (χ0) is 13.2. The number of aromatic nitrogens is 1. The molecule has 3 nitrogen and oxygen atoms in total. The predicted octanol–water partition coefficient (Wildman–Crippen LogP) is 3.24. The molecule has 3 aromatic rings. The van der Waals surface area contributed by atoms with Crippen molar-refractivity contribution in [2.24, 2.45) is 0 Å². The molecule has 1 N–H and O–H groups in total. The molecule has 1 atom stereocenters. The number of hydrogen-bond donors (Lipinski definition) is 1. The number of nitrogens with zero attached hydrogens (tertiary/aromatic N) is 1. The lowest BCUT2D eigenvalue weighted by molar-refractivity contribution is 0.152. The van der Waals surface area contributed by atoms with Crippen molar-refractivity contribution in [2.75, 3.05) is 0 Å². The monoisotopic (exact) mass is 257 g/mol. The van der Waals surface area contributed by atoms with Crippen LogP contribution < -0.4 is 0 Å². The lowest BCUT2D eigenvalue weighted by Gasteiger charge is -2.06. The molecule has 4 heteroatoms. The third kappa shape index (κ3) is 2.35. The number of halogens is 1. The summed E-state index contributed by atoms with van der Waals surface area (Å²) in [4.78, 5) is 3.99. The molecule has 0 aliphatic heterocycles. The molecule has 3 rings (SSSR count). The van der Waals surface area contributed by atoms with Gasteiger partial charge in [-0.15, -0.1) is 0 Å². The van der Waals surface area contributed by atoms with Gasteiger partial charge in [-0.2, -0.15) is 0 Å². The van der Waals surface area contributed by atoms with Crippen LogP contribution in [0.5, 0.6) is 0 Å². The molecular weight excluding hydrogens is 245 g/mol. The summed E-state index contributed by atoms with van der Waals surface area (Å²) in [7, 11) is 0. The van der Waals surface area contributed by atoms with Crippen molar-refractivity contribution in [3.8, 4) is 0 Å². The first kappa shape index (κ1) is 11.9. The van der Waals surface area contributed by atoms with Gasteiger partial charge >= 0.3 is 0 Å². The van der Waals surface area contributed by atoms with Crippen molar-refractivity contribution in [1.82, 2.24) is 4.98 Å². The van der Waals surface area contributed by atoms with E-state index in [1.165, 1.54) is 6.07 Å². The zero-order valence-corrected chi connectivity index (χ0v) is 10.1. The second-order valence-electron chi connectivity index (χ2n) is 4.39. The molecule has 1 unspecified atom stereocenters. The van der Waals surface area contributed by atoms with E-state index in [0.29, 0.717) is 17.6 Å². The molecule has 0 fully saturated rings. The second-order valence-corrected chi connectivity index (χ2v) is 4.39. The van der Waals surface area contributed by atoms with E-state index in [-0.39, 0.29) is 5.58 Å². The first-order chi connectivity index (χ1) is 9.24. The Kier molecular flexibility index (Phi) is 3.01. The minimum Gasteiger partial charge on any atom is -0.455 e. The molecule has 0 saturated heterocycles. The Hall–Kier alpha value is -2.20. The first-order valence-corrected chi connectivity index (χ1v) is 5.99. The van der Waals surface area contributed by atoms with Crippen LogP contribution in [0.2, 0.25) is 0 Å². The van der Waals surface area contributed by atoms with Crippen molar-refractivity contribution >= 4 is 11.0 Å². The zero-order valence-electron chi connectivity index (χ0n) is 10.1. The van der Waals surface area contributed by atoms with E-state index in [2.05, 4.69) is 4.98 Å². The third-order valence-corrected chi connectivity index (χ3v) is 3.00. The van der Waals surface area contributed by atoms with Gasteiger partial charge in [-0.05, 0) is 23.8 Å². The van der Waals surface area contributed by atoms with E-state index in [1.807, 2.05) is 6.07 Å². The van der Waals surface area contributed by atoms with Crippen molar-refractivity contribution in [2.45, 2.75) is 12.5 Å². The Morgan fingerprint density at radius 2 is 2.16 bits per heavy atom. The lowest BCUT2D eigenvalue weighted by atomic mass is 10.1. The first-order valence-electron chi connectivity index (χ1n) is 5.99. The summed E-state index contributed by atoms with van der Waals surface area (Å²) < 4.78 is 18.9. The highest BCUT2D eigenvalue weighted by atomic mass is 19.1. The molecule has 0 aliphatic carbocycles. The normalized spacial score (nSPS) is 12.7. The molecule has 2 aromatic heterocycles. The maximum Gasteiger partial charge on any atom is 0.170 e. The number of furan rings is 1. The smallest absolute Gasteiger partial charge is 0.170 e. The maximum atomic E-state index is 13.5. The summed E-state index contributed by atoms with van der Waals surface area (Å²) in [5, 5.41) is 10.8. The van der Waals surface area contributed by atoms with Gasteiger partial charge in [0.25, 0.3) is 0 Å². The summed E-state index contributed by atoms with van der Waals surface area (Å²) in [5.41, 5.74) is 1.08. The molecule has 0 spiro atoms. The van der Waals surface area contributed by atoms with Crippen LogP contribution in [0, 0.1) is 5.82 Å². The van der Waals surface area contributed by atoms with Crippen LogP contribution in [0.15, 0.2) is 53.2 Å². The number of aliphatic hydroxyl groups is 1. The van der Waals surface area contributed by atoms with E-state index in [9.17, 15) is 9.50 Å². The molecule has 0 saturated carbocycles. The Morgan fingerprint density at radius 3 is 2.89 bits per heavy atom. The number of benzene rings is 1. The lowest BCUT2D eigenvalue weighted by Crippen LogP contribution is -2.00. The van der Waals surface area contributed by atoms with Gasteiger partial charge in [0.15, 0.2) is 11.4 Å². The fraction of sp³-hybridized carbons (Fsp3) is 0.133. The van der Waals surface area contributed by atoms with Crippen molar-refractivity contribution in [3.63, 3.8) is 0 Å². The molecule has 2 heterocycles. The van der Waals surface area contributed by atoms with Crippen LogP contribution in [0.4, 0.5) is 4.39 Å². The fourth-order valence-electron chi connectivity index (χ4n) is 2.05. The third-order valence-electron chi connectivity index (χ3n) is 3.00. The van der Waals surface area contributed by atoms with Gasteiger partial charge in [0.2, 0.25) is 0 Å². The van der Waals surface area contributed by atoms with Gasteiger partial charge < -0.3 is 9.52 Å². The van der Waals surface area contributed by atoms with Crippen LogP contribution >= 0.6 is 0 Å². The van der Waals surface area contributed by atoms with Crippen LogP contribution in [0.3, 0.4) is 0 Å². The van der Waals surface area contributed by atoms with E-state index in [0.717, 1.165) is 5.56 Å². The van der Waals surface area contributed by atoms with Gasteiger partial charge in [0.1, 0.15) is 11.9 Å². The van der Waals surface area contributed by atoms with Crippen molar-refractivity contribution in [1.29, 1.82) is 0 Å². The minimum absolute atomic E-state index is 0.183. The molecule has 0 aliphatic rings. The Bertz CT molecular complexity index is 694. The number of para-hydroxylation sites is 1. The van der Waals surface area contributed by atoms with E-state index in [4.69, 9.17) is 4.42 Å². The average Bonchev–Trinajstić information content (AvgIpc) is 2.85. The molecule has 0 amide bonds. The van der Waals surface area contributed by atoms with E-state index >= 15 is 0 Å². The SMILES string of the molecule is OC(Cc1cccnc1)c1cc2cccc(F)c2o1. The molecular formula is C15H12FNO2. The van der Waals surface area contributed by atoms with Crippen LogP contribution in [0.1, 0.15) is 17.4 Å². The number of aliphatic hydroxyl groups excluding tert-OH is 1. The van der Waals surface area contributed by atoms with E-state index in [1.54, 1.807) is 36.7 Å². The topological polar surface area (TPSA) is 46.3 Å². The van der Waals surface area contributed by atoms with Crippen LogP contribution in [0.25, 0.3) is 11.0 Å². The Balaban J connectivity index is 1.89. The average molecular weight is 257 g/mol. The minimum atomic E-state index is -0.809. The Labute approximate surface area is 109 Å². The number of pyridine rings is 1. The van der Waals surface area contributed by atoms with Gasteiger partial charge in [0.05, 0.1) is 0 Å². The largest absolute Gasteiger partial charge is 0.455 e. The summed E-state index contributed by atoms with van der Waals surface area (Å²) in [6.07, 6.45) is 2.93. The van der Waals surface area contributed by atoms with Gasteiger partial charge in [-0.1, -0.05) is 18.2 Å². The predicted molar refractivity (Wildman–Crippen MR) is 69.1 cm³/mol. The van der Waals surface area contributed by atoms with Gasteiger partial charge in [0, 0.05) is 24.2 Å². The molecule has 19 heavy (non-hydrogen) atoms. The standard InChI is InChI=1S/C15H12FNO2/c16-12-5-1-4-11-8-14(19-15(11)12)13(18)7-10-3-2-6-17-9-10/h1-6,8-9,13,18H,7H2. The summed E-state index contributed by atoms with van der Waals surface area (Å²) in [5.74, 6) is -0.0544. The highest BCUT2D eigenvalue weighted by Gasteiger charge is 2.15. The summed E-state index contributed by atoms with van der Waals surface area (Å²) >= 11 is 0. The summed E-state index contributed by atoms with van der Waals surface area (Å²) in [6.45, 7) is 0. The quantitative estimate of drug-likeness (QED) is 0.783. The van der Waals surface area contributed by atoms with Crippen molar-refractivity contribution in [3.05, 3.63) is 65.9 Å².